The van der Waals surface area contributed by atoms with E-state index >= 15 is 0 Å². The number of aliphatic imine (C=N–C) groups is 1. The van der Waals surface area contributed by atoms with Crippen molar-refractivity contribution in [2.75, 3.05) is 29.9 Å². The number of para-hydroxylation sites is 2. The molecule has 2 aromatic rings. The van der Waals surface area contributed by atoms with Gasteiger partial charge in [0.15, 0.2) is 5.96 Å². The minimum Gasteiger partial charge on any atom is -0.356 e. The van der Waals surface area contributed by atoms with Crippen LogP contribution in [0, 0.1) is 0 Å². The molecule has 2 N–H and O–H groups in total. The predicted molar refractivity (Wildman–Crippen MR) is 121 cm³/mol. The molecule has 4 rings (SSSR count). The maximum Gasteiger partial charge on any atom is 0.232 e. The van der Waals surface area contributed by atoms with Crippen molar-refractivity contribution >= 4 is 47.2 Å². The van der Waals surface area contributed by atoms with Crippen LogP contribution in [0.15, 0.2) is 53.5 Å². The fourth-order valence-electron chi connectivity index (χ4n) is 3.81. The summed E-state index contributed by atoms with van der Waals surface area (Å²) in [7, 11) is 0. The van der Waals surface area contributed by atoms with Gasteiger partial charge < -0.3 is 15.5 Å². The molecule has 0 aliphatic carbocycles. The average Bonchev–Trinajstić information content (AvgIpc) is 3.22. The molecule has 6 heteroatoms. The lowest BCUT2D eigenvalue weighted by Gasteiger charge is -2.22. The molecule has 2 heterocycles. The standard InChI is InChI=1S/C21H24N4O.HI/c1-2-22-21(25-14-12-15-7-3-6-10-19(15)25)23-13-11-17-16-8-4-5-9-18(16)24-20(17)26;/h3-10,17H,2,11-14H2,1H3,(H,22,23)(H,24,26);1H. The summed E-state index contributed by atoms with van der Waals surface area (Å²) in [5.41, 5.74) is 4.62. The molecule has 5 nitrogen and oxygen atoms in total. The van der Waals surface area contributed by atoms with Gasteiger partial charge in [0.2, 0.25) is 5.91 Å². The molecular weight excluding hydrogens is 451 g/mol. The van der Waals surface area contributed by atoms with E-state index in [0.717, 1.165) is 36.7 Å². The second kappa shape index (κ2) is 8.73. The molecule has 0 radical (unpaired) electrons. The third-order valence-corrected chi connectivity index (χ3v) is 5.07. The zero-order valence-electron chi connectivity index (χ0n) is 15.4. The van der Waals surface area contributed by atoms with Crippen molar-refractivity contribution in [2.24, 2.45) is 4.99 Å². The van der Waals surface area contributed by atoms with Crippen LogP contribution >= 0.6 is 24.0 Å². The van der Waals surface area contributed by atoms with Crippen molar-refractivity contribution < 1.29 is 4.79 Å². The summed E-state index contributed by atoms with van der Waals surface area (Å²) in [5, 5.41) is 6.36. The highest BCUT2D eigenvalue weighted by atomic mass is 127. The first-order valence-electron chi connectivity index (χ1n) is 9.31. The lowest BCUT2D eigenvalue weighted by molar-refractivity contribution is -0.117. The van der Waals surface area contributed by atoms with Gasteiger partial charge in [-0.05, 0) is 43.0 Å². The molecule has 2 aliphatic rings. The molecular formula is C21H25IN4O. The van der Waals surface area contributed by atoms with Gasteiger partial charge in [-0.1, -0.05) is 36.4 Å². The molecule has 0 bridgehead atoms. The molecule has 27 heavy (non-hydrogen) atoms. The Morgan fingerprint density at radius 1 is 1.22 bits per heavy atom. The van der Waals surface area contributed by atoms with E-state index in [1.807, 2.05) is 24.3 Å². The smallest absolute Gasteiger partial charge is 0.232 e. The number of carbonyl (C=O) groups is 1. The molecule has 1 amide bonds. The Morgan fingerprint density at radius 2 is 2.00 bits per heavy atom. The van der Waals surface area contributed by atoms with Crippen LogP contribution in [0.4, 0.5) is 11.4 Å². The molecule has 1 unspecified atom stereocenters. The molecule has 0 aromatic heterocycles. The van der Waals surface area contributed by atoms with E-state index in [4.69, 9.17) is 4.99 Å². The van der Waals surface area contributed by atoms with Gasteiger partial charge in [-0.3, -0.25) is 9.79 Å². The average molecular weight is 476 g/mol. The van der Waals surface area contributed by atoms with E-state index in [0.29, 0.717) is 13.0 Å². The van der Waals surface area contributed by atoms with Crippen LogP contribution in [0.2, 0.25) is 0 Å². The molecule has 0 fully saturated rings. The topological polar surface area (TPSA) is 56.7 Å². The number of nitrogens with zero attached hydrogens (tertiary/aromatic N) is 2. The minimum atomic E-state index is -0.108. The summed E-state index contributed by atoms with van der Waals surface area (Å²) in [6, 6.07) is 16.4. The summed E-state index contributed by atoms with van der Waals surface area (Å²) >= 11 is 0. The van der Waals surface area contributed by atoms with Gasteiger partial charge in [-0.2, -0.15) is 0 Å². The van der Waals surface area contributed by atoms with Gasteiger partial charge in [0, 0.05) is 31.0 Å². The lowest BCUT2D eigenvalue weighted by Crippen LogP contribution is -2.40. The van der Waals surface area contributed by atoms with Crippen LogP contribution in [-0.4, -0.2) is 31.5 Å². The SMILES string of the molecule is CCNC(=NCCC1C(=O)Nc2ccccc21)N1CCc2ccccc21.I. The van der Waals surface area contributed by atoms with Gasteiger partial charge in [-0.15, -0.1) is 24.0 Å². The second-order valence-corrected chi connectivity index (χ2v) is 6.68. The predicted octanol–water partition coefficient (Wildman–Crippen LogP) is 3.76. The van der Waals surface area contributed by atoms with Crippen molar-refractivity contribution in [1.82, 2.24) is 5.32 Å². The van der Waals surface area contributed by atoms with E-state index in [2.05, 4.69) is 46.7 Å². The van der Waals surface area contributed by atoms with Gasteiger partial charge in [0.25, 0.3) is 0 Å². The van der Waals surface area contributed by atoms with Crippen molar-refractivity contribution in [1.29, 1.82) is 0 Å². The highest BCUT2D eigenvalue weighted by molar-refractivity contribution is 14.0. The van der Waals surface area contributed by atoms with E-state index in [9.17, 15) is 4.79 Å². The molecule has 0 saturated carbocycles. The van der Waals surface area contributed by atoms with Gasteiger partial charge in [0.1, 0.15) is 0 Å². The van der Waals surface area contributed by atoms with E-state index < -0.39 is 0 Å². The number of anilines is 2. The Hall–Kier alpha value is -2.09. The third kappa shape index (κ3) is 3.95. The van der Waals surface area contributed by atoms with Crippen LogP contribution in [-0.2, 0) is 11.2 Å². The van der Waals surface area contributed by atoms with Crippen molar-refractivity contribution in [3.63, 3.8) is 0 Å². The number of benzene rings is 2. The first-order chi connectivity index (χ1) is 12.8. The quantitative estimate of drug-likeness (QED) is 0.402. The summed E-state index contributed by atoms with van der Waals surface area (Å²) < 4.78 is 0. The lowest BCUT2D eigenvalue weighted by atomic mass is 9.97. The van der Waals surface area contributed by atoms with Gasteiger partial charge in [0.05, 0.1) is 5.92 Å². The minimum absolute atomic E-state index is 0. The first kappa shape index (κ1) is 19.7. The Kier molecular flexibility index (Phi) is 6.36. The Balaban J connectivity index is 0.00000210. The number of guanidine groups is 1. The number of fused-ring (bicyclic) bond motifs is 2. The normalized spacial score (nSPS) is 17.8. The van der Waals surface area contributed by atoms with Crippen LogP contribution in [0.5, 0.6) is 0 Å². The van der Waals surface area contributed by atoms with E-state index in [-0.39, 0.29) is 35.8 Å². The number of amides is 1. The monoisotopic (exact) mass is 476 g/mol. The van der Waals surface area contributed by atoms with Crippen LogP contribution in [0.25, 0.3) is 0 Å². The van der Waals surface area contributed by atoms with Crippen molar-refractivity contribution in [2.45, 2.75) is 25.7 Å². The maximum atomic E-state index is 12.3. The zero-order chi connectivity index (χ0) is 17.9. The summed E-state index contributed by atoms with van der Waals surface area (Å²) in [5.74, 6) is 0.880. The summed E-state index contributed by atoms with van der Waals surface area (Å²) in [6.45, 7) is 4.47. The van der Waals surface area contributed by atoms with Crippen molar-refractivity contribution in [3.8, 4) is 0 Å². The Morgan fingerprint density at radius 3 is 2.85 bits per heavy atom. The van der Waals surface area contributed by atoms with Gasteiger partial charge >= 0.3 is 0 Å². The van der Waals surface area contributed by atoms with Crippen molar-refractivity contribution in [3.05, 3.63) is 59.7 Å². The van der Waals surface area contributed by atoms with Crippen LogP contribution < -0.4 is 15.5 Å². The second-order valence-electron chi connectivity index (χ2n) is 6.68. The third-order valence-electron chi connectivity index (χ3n) is 5.07. The Labute approximate surface area is 177 Å². The zero-order valence-corrected chi connectivity index (χ0v) is 17.8. The molecule has 142 valence electrons. The molecule has 0 saturated heterocycles. The highest BCUT2D eigenvalue weighted by Gasteiger charge is 2.29. The number of hydrogen-bond donors (Lipinski definition) is 2. The summed E-state index contributed by atoms with van der Waals surface area (Å²) in [4.78, 5) is 19.3. The largest absolute Gasteiger partial charge is 0.356 e. The summed E-state index contributed by atoms with van der Waals surface area (Å²) in [6.07, 6.45) is 1.76. The first-order valence-corrected chi connectivity index (χ1v) is 9.31. The molecule has 0 spiro atoms. The van der Waals surface area contributed by atoms with Crippen LogP contribution in [0.1, 0.15) is 30.4 Å². The molecule has 2 aromatic carbocycles. The number of halogens is 1. The Bertz CT molecular complexity index is 852. The fraction of sp³-hybridized carbons (Fsp3) is 0.333. The number of carbonyl (C=O) groups excluding carboxylic acids is 1. The molecule has 1 atom stereocenters. The highest BCUT2D eigenvalue weighted by Crippen LogP contribution is 2.34. The van der Waals surface area contributed by atoms with E-state index in [1.165, 1.54) is 11.3 Å². The maximum absolute atomic E-state index is 12.3. The number of nitrogens with one attached hydrogen (secondary N) is 2. The van der Waals surface area contributed by atoms with E-state index in [1.54, 1.807) is 0 Å². The number of rotatable bonds is 4. The fourth-order valence-corrected chi connectivity index (χ4v) is 3.81. The van der Waals surface area contributed by atoms with Gasteiger partial charge in [-0.25, -0.2) is 0 Å². The van der Waals surface area contributed by atoms with Crippen LogP contribution in [0.3, 0.4) is 0 Å². The number of hydrogen-bond acceptors (Lipinski definition) is 2. The molecule has 2 aliphatic heterocycles.